The second kappa shape index (κ2) is 5.26. The quantitative estimate of drug-likeness (QED) is 0.828. The summed E-state index contributed by atoms with van der Waals surface area (Å²) in [4.78, 5) is 24.0. The van der Waals surface area contributed by atoms with E-state index in [1.54, 1.807) is 37.3 Å². The van der Waals surface area contributed by atoms with E-state index in [1.807, 2.05) is 0 Å². The Hall–Kier alpha value is -1.56. The lowest BCUT2D eigenvalue weighted by Gasteiger charge is -2.27. The van der Waals surface area contributed by atoms with Crippen LogP contribution in [0.25, 0.3) is 0 Å². The number of hydrogen-bond acceptors (Lipinski definition) is 3. The second-order valence-electron chi connectivity index (χ2n) is 5.61. The number of rotatable bonds is 3. The van der Waals surface area contributed by atoms with Crippen LogP contribution >= 0.6 is 23.2 Å². The van der Waals surface area contributed by atoms with Gasteiger partial charge in [0.2, 0.25) is 5.91 Å². The maximum atomic E-state index is 12.6. The lowest BCUT2D eigenvalue weighted by atomic mass is 9.75. The molecule has 0 unspecified atom stereocenters. The second-order valence-corrected chi connectivity index (χ2v) is 6.49. The minimum Gasteiger partial charge on any atom is -0.481 e. The molecule has 1 fully saturated rings. The average molecular weight is 342 g/mol. The van der Waals surface area contributed by atoms with Gasteiger partial charge in [0.05, 0.1) is 17.6 Å². The zero-order chi connectivity index (χ0) is 16.1. The molecule has 2 aliphatic rings. The number of benzene rings is 1. The van der Waals surface area contributed by atoms with Crippen LogP contribution in [-0.4, -0.2) is 28.7 Å². The molecule has 22 heavy (non-hydrogen) atoms. The van der Waals surface area contributed by atoms with Gasteiger partial charge >= 0.3 is 5.97 Å². The van der Waals surface area contributed by atoms with Gasteiger partial charge in [0, 0.05) is 15.7 Å². The zero-order valence-electron chi connectivity index (χ0n) is 11.5. The van der Waals surface area contributed by atoms with Crippen molar-refractivity contribution in [1.82, 2.24) is 0 Å². The normalized spacial score (nSPS) is 32.2. The van der Waals surface area contributed by atoms with Crippen molar-refractivity contribution < 1.29 is 19.4 Å². The lowest BCUT2D eigenvalue weighted by Crippen LogP contribution is -2.44. The predicted octanol–water partition coefficient (Wildman–Crippen LogP) is 2.98. The summed E-state index contributed by atoms with van der Waals surface area (Å²) >= 11 is 11.8. The minimum absolute atomic E-state index is 0.382. The molecule has 1 aromatic rings. The van der Waals surface area contributed by atoms with Crippen molar-refractivity contribution in [2.45, 2.75) is 18.6 Å². The Morgan fingerprint density at radius 3 is 2.50 bits per heavy atom. The van der Waals surface area contributed by atoms with Gasteiger partial charge in [-0.1, -0.05) is 35.4 Å². The summed E-state index contributed by atoms with van der Waals surface area (Å²) < 4.78 is 5.65. The van der Waals surface area contributed by atoms with Gasteiger partial charge in [0.15, 0.2) is 0 Å². The van der Waals surface area contributed by atoms with E-state index in [1.165, 1.54) is 0 Å². The first-order chi connectivity index (χ1) is 10.3. The van der Waals surface area contributed by atoms with Crippen molar-refractivity contribution in [2.75, 3.05) is 5.32 Å². The van der Waals surface area contributed by atoms with Gasteiger partial charge in [-0.05, 0) is 25.1 Å². The Morgan fingerprint density at radius 2 is 1.91 bits per heavy atom. The van der Waals surface area contributed by atoms with Crippen LogP contribution in [-0.2, 0) is 14.3 Å². The molecule has 7 heteroatoms. The summed E-state index contributed by atoms with van der Waals surface area (Å²) in [5, 5.41) is 12.8. The molecule has 2 N–H and O–H groups in total. The third kappa shape index (κ3) is 2.49. The first-order valence-electron chi connectivity index (χ1n) is 6.67. The molecular weight excluding hydrogens is 329 g/mol. The molecule has 2 heterocycles. The first kappa shape index (κ1) is 15.3. The summed E-state index contributed by atoms with van der Waals surface area (Å²) in [6.07, 6.45) is 2.85. The molecule has 1 amide bonds. The zero-order valence-corrected chi connectivity index (χ0v) is 13.1. The summed E-state index contributed by atoms with van der Waals surface area (Å²) in [7, 11) is 0. The van der Waals surface area contributed by atoms with Gasteiger partial charge in [-0.25, -0.2) is 0 Å². The molecule has 116 valence electrons. The summed E-state index contributed by atoms with van der Waals surface area (Å²) in [5.74, 6) is -3.22. The third-order valence-corrected chi connectivity index (χ3v) is 4.47. The fraction of sp³-hybridized carbons (Fsp3) is 0.333. The van der Waals surface area contributed by atoms with E-state index < -0.39 is 35.4 Å². The fourth-order valence-corrected chi connectivity index (χ4v) is 3.65. The Kier molecular flexibility index (Phi) is 3.67. The number of halogens is 2. The number of aliphatic carboxylic acids is 1. The Bertz CT molecular complexity index is 670. The summed E-state index contributed by atoms with van der Waals surface area (Å²) in [6, 6.07) is 4.64. The highest BCUT2D eigenvalue weighted by molar-refractivity contribution is 6.35. The lowest BCUT2D eigenvalue weighted by molar-refractivity contribution is -0.146. The van der Waals surface area contributed by atoms with Crippen molar-refractivity contribution in [3.05, 3.63) is 40.4 Å². The molecule has 4 atom stereocenters. The van der Waals surface area contributed by atoms with E-state index in [-0.39, 0.29) is 0 Å². The minimum atomic E-state index is -1.05. The number of anilines is 1. The van der Waals surface area contributed by atoms with Gasteiger partial charge in [0.1, 0.15) is 5.92 Å². The SMILES string of the molecule is C[C@@]12C=C[C@@H](O1)[C@H](C(=O)O)[C@H]2C(=O)Nc1cc(Cl)cc(Cl)c1. The van der Waals surface area contributed by atoms with Gasteiger partial charge in [0.25, 0.3) is 0 Å². The smallest absolute Gasteiger partial charge is 0.310 e. The van der Waals surface area contributed by atoms with Gasteiger partial charge in [-0.15, -0.1) is 0 Å². The van der Waals surface area contributed by atoms with E-state index >= 15 is 0 Å². The Balaban J connectivity index is 1.87. The molecule has 0 saturated carbocycles. The molecule has 2 bridgehead atoms. The van der Waals surface area contributed by atoms with Gasteiger partial charge in [-0.2, -0.15) is 0 Å². The van der Waals surface area contributed by atoms with Crippen molar-refractivity contribution in [1.29, 1.82) is 0 Å². The number of carboxylic acids is 1. The van der Waals surface area contributed by atoms with Crippen LogP contribution in [0, 0.1) is 11.8 Å². The number of carbonyl (C=O) groups excluding carboxylic acids is 1. The van der Waals surface area contributed by atoms with E-state index in [9.17, 15) is 14.7 Å². The highest BCUT2D eigenvalue weighted by Gasteiger charge is 2.59. The maximum absolute atomic E-state index is 12.6. The van der Waals surface area contributed by atoms with E-state index in [0.717, 1.165) is 0 Å². The first-order valence-corrected chi connectivity index (χ1v) is 7.43. The van der Waals surface area contributed by atoms with Crippen LogP contribution in [0.3, 0.4) is 0 Å². The summed E-state index contributed by atoms with van der Waals surface area (Å²) in [6.45, 7) is 1.71. The molecule has 1 aromatic carbocycles. The highest BCUT2D eigenvalue weighted by atomic mass is 35.5. The van der Waals surface area contributed by atoms with Crippen LogP contribution < -0.4 is 5.32 Å². The molecule has 2 aliphatic heterocycles. The molecule has 0 spiro atoms. The van der Waals surface area contributed by atoms with E-state index in [2.05, 4.69) is 5.32 Å². The highest BCUT2D eigenvalue weighted by Crippen LogP contribution is 2.47. The van der Waals surface area contributed by atoms with Crippen molar-refractivity contribution in [3.63, 3.8) is 0 Å². The van der Waals surface area contributed by atoms with Gasteiger partial charge in [-0.3, -0.25) is 9.59 Å². The van der Waals surface area contributed by atoms with Crippen molar-refractivity contribution >= 4 is 40.8 Å². The number of ether oxygens (including phenoxy) is 1. The average Bonchev–Trinajstić information content (AvgIpc) is 2.90. The topological polar surface area (TPSA) is 75.6 Å². The maximum Gasteiger partial charge on any atom is 0.310 e. The number of hydrogen-bond donors (Lipinski definition) is 2. The number of amides is 1. The molecule has 1 saturated heterocycles. The standard InChI is InChI=1S/C15H13Cl2NO4/c1-15-3-2-10(22-15)11(14(20)21)12(15)13(19)18-9-5-7(16)4-8(17)6-9/h2-6,10-12H,1H3,(H,18,19)(H,20,21)/t10-,11+,12+,15+/m1/s1. The number of carbonyl (C=O) groups is 2. The predicted molar refractivity (Wildman–Crippen MR) is 82.1 cm³/mol. The molecular formula is C15H13Cl2NO4. The largest absolute Gasteiger partial charge is 0.481 e. The number of carboxylic acid groups (broad SMARTS) is 1. The number of nitrogens with one attached hydrogen (secondary N) is 1. The fourth-order valence-electron chi connectivity index (χ4n) is 3.13. The molecule has 0 radical (unpaired) electrons. The van der Waals surface area contributed by atoms with Crippen LogP contribution in [0.5, 0.6) is 0 Å². The van der Waals surface area contributed by atoms with Crippen molar-refractivity contribution in [2.24, 2.45) is 11.8 Å². The van der Waals surface area contributed by atoms with E-state index in [4.69, 9.17) is 27.9 Å². The third-order valence-electron chi connectivity index (χ3n) is 4.04. The Labute approximate surface area is 136 Å². The van der Waals surface area contributed by atoms with Gasteiger partial charge < -0.3 is 15.2 Å². The van der Waals surface area contributed by atoms with Crippen LogP contribution in [0.2, 0.25) is 10.0 Å². The molecule has 3 rings (SSSR count). The van der Waals surface area contributed by atoms with E-state index in [0.29, 0.717) is 15.7 Å². The molecule has 0 aliphatic carbocycles. The van der Waals surface area contributed by atoms with Crippen LogP contribution in [0.4, 0.5) is 5.69 Å². The molecule has 0 aromatic heterocycles. The molecule has 5 nitrogen and oxygen atoms in total. The summed E-state index contributed by atoms with van der Waals surface area (Å²) in [5.41, 5.74) is -0.498. The van der Waals surface area contributed by atoms with Crippen molar-refractivity contribution in [3.8, 4) is 0 Å². The van der Waals surface area contributed by atoms with Crippen LogP contribution in [0.1, 0.15) is 6.92 Å². The van der Waals surface area contributed by atoms with Crippen LogP contribution in [0.15, 0.2) is 30.4 Å². The Morgan fingerprint density at radius 1 is 1.27 bits per heavy atom. The monoisotopic (exact) mass is 341 g/mol. The number of fused-ring (bicyclic) bond motifs is 2.